The number of carbonyl (C=O) groups is 2. The Morgan fingerprint density at radius 2 is 1.76 bits per heavy atom. The molecule has 1 aliphatic heterocycles. The van der Waals surface area contributed by atoms with Crippen LogP contribution in [0.4, 0.5) is 5.69 Å². The Morgan fingerprint density at radius 1 is 1.12 bits per heavy atom. The highest BCUT2D eigenvalue weighted by atomic mass is 79.9. The molecule has 1 fully saturated rings. The Labute approximate surface area is 150 Å². The van der Waals surface area contributed by atoms with Crippen LogP contribution < -0.4 is 5.32 Å². The lowest BCUT2D eigenvalue weighted by atomic mass is 9.95. The van der Waals surface area contributed by atoms with Gasteiger partial charge in [0.25, 0.3) is 17.4 Å². The maximum absolute atomic E-state index is 12.2. The summed E-state index contributed by atoms with van der Waals surface area (Å²) in [4.78, 5) is 34.7. The van der Waals surface area contributed by atoms with Gasteiger partial charge in [-0.25, -0.2) is 0 Å². The summed E-state index contributed by atoms with van der Waals surface area (Å²) in [5.74, 6) is -2.22. The molecule has 1 heterocycles. The predicted octanol–water partition coefficient (Wildman–Crippen LogP) is 3.07. The number of para-hydroxylation sites is 1. The lowest BCUT2D eigenvalue weighted by molar-refractivity contribution is -0.385. The van der Waals surface area contributed by atoms with Crippen molar-refractivity contribution in [1.82, 2.24) is 5.32 Å². The van der Waals surface area contributed by atoms with Crippen molar-refractivity contribution in [3.8, 4) is 0 Å². The van der Waals surface area contributed by atoms with Gasteiger partial charge in [-0.15, -0.1) is 0 Å². The quantitative estimate of drug-likeness (QED) is 0.269. The second-order valence-electron chi connectivity index (χ2n) is 5.32. The van der Waals surface area contributed by atoms with Gasteiger partial charge in [-0.1, -0.05) is 40.2 Å². The van der Waals surface area contributed by atoms with Crippen molar-refractivity contribution < 1.29 is 19.6 Å². The number of rotatable bonds is 3. The first-order valence-corrected chi connectivity index (χ1v) is 7.97. The molecule has 0 aromatic heterocycles. The molecule has 1 unspecified atom stereocenters. The highest BCUT2D eigenvalue weighted by molar-refractivity contribution is 9.10. The van der Waals surface area contributed by atoms with E-state index in [2.05, 4.69) is 21.2 Å². The zero-order valence-electron chi connectivity index (χ0n) is 12.6. The van der Waals surface area contributed by atoms with Crippen molar-refractivity contribution in [2.75, 3.05) is 0 Å². The number of nitro groups is 1. The van der Waals surface area contributed by atoms with Crippen molar-refractivity contribution in [3.63, 3.8) is 0 Å². The van der Waals surface area contributed by atoms with E-state index in [0.717, 1.165) is 4.47 Å². The van der Waals surface area contributed by atoms with Crippen LogP contribution in [-0.4, -0.2) is 21.7 Å². The van der Waals surface area contributed by atoms with Gasteiger partial charge < -0.3 is 10.4 Å². The molecule has 7 nitrogen and oxygen atoms in total. The van der Waals surface area contributed by atoms with Gasteiger partial charge >= 0.3 is 0 Å². The summed E-state index contributed by atoms with van der Waals surface area (Å²) in [5.41, 5.74) is 0.00206. The molecular weight excluding hydrogens is 392 g/mol. The summed E-state index contributed by atoms with van der Waals surface area (Å²) in [6, 6.07) is 11.1. The normalized spacial score (nSPS) is 18.8. The molecule has 0 saturated carbocycles. The number of ketones is 1. The number of aliphatic hydroxyl groups excluding tert-OH is 1. The number of halogens is 1. The average Bonchev–Trinajstić information content (AvgIpc) is 2.90. The van der Waals surface area contributed by atoms with Crippen LogP contribution in [-0.2, 0) is 9.59 Å². The largest absolute Gasteiger partial charge is 0.507 e. The molecule has 0 spiro atoms. The first-order valence-electron chi connectivity index (χ1n) is 7.17. The van der Waals surface area contributed by atoms with Crippen molar-refractivity contribution >= 4 is 39.1 Å². The standard InChI is InChI=1S/C17H11BrN2O5/c18-10-7-5-9(6-8-10)15(21)13-14(19-17(23)16(13)22)11-3-1-2-4-12(11)20(24)25/h1-8,14,21H,(H,19,23)/b15-13+. The number of hydrogen-bond acceptors (Lipinski definition) is 5. The molecular formula is C17H11BrN2O5. The zero-order valence-corrected chi connectivity index (χ0v) is 14.2. The van der Waals surface area contributed by atoms with E-state index in [0.29, 0.717) is 5.56 Å². The van der Waals surface area contributed by atoms with Gasteiger partial charge in [-0.3, -0.25) is 19.7 Å². The number of nitrogens with zero attached hydrogens (tertiary/aromatic N) is 1. The highest BCUT2D eigenvalue weighted by Crippen LogP contribution is 2.36. The fourth-order valence-electron chi connectivity index (χ4n) is 2.66. The molecule has 126 valence electrons. The molecule has 8 heteroatoms. The van der Waals surface area contributed by atoms with E-state index in [4.69, 9.17) is 0 Å². The van der Waals surface area contributed by atoms with Crippen LogP contribution in [0, 0.1) is 10.1 Å². The Hall–Kier alpha value is -3.00. The van der Waals surface area contributed by atoms with Crippen LogP contribution in [0.1, 0.15) is 17.2 Å². The van der Waals surface area contributed by atoms with Gasteiger partial charge in [0.2, 0.25) is 0 Å². The number of hydrogen-bond donors (Lipinski definition) is 2. The van der Waals surface area contributed by atoms with E-state index in [1.165, 1.54) is 18.2 Å². The zero-order chi connectivity index (χ0) is 18.1. The Morgan fingerprint density at radius 3 is 2.40 bits per heavy atom. The minimum atomic E-state index is -1.09. The van der Waals surface area contributed by atoms with Crippen LogP contribution in [0.15, 0.2) is 58.6 Å². The molecule has 1 aliphatic rings. The molecule has 3 rings (SSSR count). The van der Waals surface area contributed by atoms with E-state index in [1.54, 1.807) is 30.3 Å². The summed E-state index contributed by atoms with van der Waals surface area (Å²) in [7, 11) is 0. The van der Waals surface area contributed by atoms with Crippen LogP contribution in [0.25, 0.3) is 5.76 Å². The van der Waals surface area contributed by atoms with Crippen LogP contribution in [0.3, 0.4) is 0 Å². The molecule has 2 N–H and O–H groups in total. The maximum Gasteiger partial charge on any atom is 0.293 e. The van der Waals surface area contributed by atoms with E-state index in [1.807, 2.05) is 0 Å². The monoisotopic (exact) mass is 402 g/mol. The van der Waals surface area contributed by atoms with Crippen molar-refractivity contribution in [3.05, 3.63) is 79.8 Å². The first-order chi connectivity index (χ1) is 11.9. The maximum atomic E-state index is 12.2. The summed E-state index contributed by atoms with van der Waals surface area (Å²) < 4.78 is 0.774. The van der Waals surface area contributed by atoms with Gasteiger partial charge in [-0.05, 0) is 18.2 Å². The summed E-state index contributed by atoms with van der Waals surface area (Å²) in [5, 5.41) is 24.2. The molecule has 1 amide bonds. The second-order valence-corrected chi connectivity index (χ2v) is 6.24. The van der Waals surface area contributed by atoms with Crippen molar-refractivity contribution in [1.29, 1.82) is 0 Å². The van der Waals surface area contributed by atoms with Crippen LogP contribution in [0.5, 0.6) is 0 Å². The smallest absolute Gasteiger partial charge is 0.293 e. The number of nitro benzene ring substituents is 1. The minimum Gasteiger partial charge on any atom is -0.507 e. The van der Waals surface area contributed by atoms with Gasteiger partial charge in [0, 0.05) is 16.1 Å². The summed E-state index contributed by atoms with van der Waals surface area (Å²) in [6.45, 7) is 0. The third-order valence-corrected chi connectivity index (χ3v) is 4.36. The van der Waals surface area contributed by atoms with E-state index in [-0.39, 0.29) is 22.6 Å². The molecule has 1 atom stereocenters. The van der Waals surface area contributed by atoms with Gasteiger partial charge in [-0.2, -0.15) is 0 Å². The van der Waals surface area contributed by atoms with Crippen LogP contribution >= 0.6 is 15.9 Å². The lowest BCUT2D eigenvalue weighted by Crippen LogP contribution is -2.21. The summed E-state index contributed by atoms with van der Waals surface area (Å²) in [6.07, 6.45) is 0. The van der Waals surface area contributed by atoms with Crippen molar-refractivity contribution in [2.45, 2.75) is 6.04 Å². The first kappa shape index (κ1) is 16.8. The minimum absolute atomic E-state index is 0.130. The van der Waals surface area contributed by atoms with Gasteiger partial charge in [0.05, 0.1) is 22.1 Å². The molecule has 1 saturated heterocycles. The number of carbonyl (C=O) groups excluding carboxylic acids is 2. The molecule has 2 aromatic carbocycles. The topological polar surface area (TPSA) is 110 Å². The number of benzene rings is 2. The average molecular weight is 403 g/mol. The number of amides is 1. The Balaban J connectivity index is 2.18. The summed E-state index contributed by atoms with van der Waals surface area (Å²) >= 11 is 3.27. The lowest BCUT2D eigenvalue weighted by Gasteiger charge is -2.13. The molecule has 0 bridgehead atoms. The van der Waals surface area contributed by atoms with E-state index < -0.39 is 22.7 Å². The SMILES string of the molecule is O=C1NC(c2ccccc2[N+](=O)[O-])/C(=C(\O)c2ccc(Br)cc2)C1=O. The van der Waals surface area contributed by atoms with Gasteiger partial charge in [0.15, 0.2) is 0 Å². The number of aliphatic hydroxyl groups is 1. The Bertz CT molecular complexity index is 921. The Kier molecular flexibility index (Phi) is 4.37. The fourth-order valence-corrected chi connectivity index (χ4v) is 2.93. The third kappa shape index (κ3) is 3.03. The molecule has 25 heavy (non-hydrogen) atoms. The molecule has 0 radical (unpaired) electrons. The third-order valence-electron chi connectivity index (χ3n) is 3.83. The van der Waals surface area contributed by atoms with Gasteiger partial charge in [0.1, 0.15) is 5.76 Å². The fraction of sp³-hybridized carbons (Fsp3) is 0.0588. The number of Topliss-reactive ketones (excluding diaryl/α,β-unsaturated/α-hetero) is 1. The highest BCUT2D eigenvalue weighted by Gasteiger charge is 2.42. The second kappa shape index (κ2) is 6.48. The van der Waals surface area contributed by atoms with E-state index in [9.17, 15) is 24.8 Å². The van der Waals surface area contributed by atoms with Crippen molar-refractivity contribution in [2.24, 2.45) is 0 Å². The van der Waals surface area contributed by atoms with E-state index >= 15 is 0 Å². The number of nitrogens with one attached hydrogen (secondary N) is 1. The predicted molar refractivity (Wildman–Crippen MR) is 92.7 cm³/mol. The van der Waals surface area contributed by atoms with Crippen LogP contribution in [0.2, 0.25) is 0 Å². The molecule has 2 aromatic rings. The molecule has 0 aliphatic carbocycles.